The first-order valence-electron chi connectivity index (χ1n) is 8.63. The van der Waals surface area contributed by atoms with Gasteiger partial charge >= 0.3 is 0 Å². The van der Waals surface area contributed by atoms with E-state index in [1.165, 1.54) is 0 Å². The van der Waals surface area contributed by atoms with E-state index in [9.17, 15) is 0 Å². The van der Waals surface area contributed by atoms with Crippen LogP contribution in [0.5, 0.6) is 5.88 Å². The van der Waals surface area contributed by atoms with Crippen LogP contribution < -0.4 is 10.1 Å². The summed E-state index contributed by atoms with van der Waals surface area (Å²) in [4.78, 5) is 13.5. The summed E-state index contributed by atoms with van der Waals surface area (Å²) in [7, 11) is 3.56. The van der Waals surface area contributed by atoms with Gasteiger partial charge in [-0.1, -0.05) is 6.92 Å². The van der Waals surface area contributed by atoms with Crippen LogP contribution in [0.2, 0.25) is 0 Å². The monoisotopic (exact) mass is 352 g/mol. The fourth-order valence-electron chi connectivity index (χ4n) is 2.92. The van der Waals surface area contributed by atoms with E-state index < -0.39 is 0 Å². The van der Waals surface area contributed by atoms with Crippen molar-refractivity contribution >= 4 is 5.82 Å². The molecule has 3 rings (SSSR count). The molecule has 0 unspecified atom stereocenters. The number of pyridine rings is 1. The third-order valence-electron chi connectivity index (χ3n) is 4.44. The van der Waals surface area contributed by atoms with Crippen LogP contribution in [0.4, 0.5) is 5.82 Å². The molecule has 3 aromatic heterocycles. The van der Waals surface area contributed by atoms with Gasteiger partial charge in [0.25, 0.3) is 0 Å². The van der Waals surface area contributed by atoms with E-state index >= 15 is 0 Å². The van der Waals surface area contributed by atoms with Gasteiger partial charge in [-0.15, -0.1) is 0 Å². The van der Waals surface area contributed by atoms with Crippen LogP contribution in [0.15, 0.2) is 24.5 Å². The van der Waals surface area contributed by atoms with Crippen LogP contribution in [0.1, 0.15) is 29.4 Å². The molecule has 0 atom stereocenters. The molecule has 0 aromatic carbocycles. The Bertz CT molecular complexity index is 904. The van der Waals surface area contributed by atoms with E-state index in [1.54, 1.807) is 24.2 Å². The number of hydrogen-bond donors (Lipinski definition) is 1. The molecule has 0 amide bonds. The first-order chi connectivity index (χ1) is 12.5. The summed E-state index contributed by atoms with van der Waals surface area (Å²) in [5, 5.41) is 7.97. The second-order valence-electron chi connectivity index (χ2n) is 6.11. The highest BCUT2D eigenvalue weighted by Crippen LogP contribution is 2.25. The van der Waals surface area contributed by atoms with Crippen molar-refractivity contribution in [1.29, 1.82) is 0 Å². The molecule has 0 fully saturated rings. The first-order valence-corrected chi connectivity index (χ1v) is 8.63. The smallest absolute Gasteiger partial charge is 0.216 e. The minimum absolute atomic E-state index is 0.587. The number of nitrogens with zero attached hydrogens (tertiary/aromatic N) is 5. The van der Waals surface area contributed by atoms with Gasteiger partial charge in [0, 0.05) is 42.8 Å². The van der Waals surface area contributed by atoms with Crippen molar-refractivity contribution in [2.24, 2.45) is 7.05 Å². The number of anilines is 1. The first kappa shape index (κ1) is 17.8. The number of aromatic nitrogens is 5. The summed E-state index contributed by atoms with van der Waals surface area (Å²) in [5.41, 5.74) is 4.93. The van der Waals surface area contributed by atoms with Crippen molar-refractivity contribution < 1.29 is 4.74 Å². The summed E-state index contributed by atoms with van der Waals surface area (Å²) < 4.78 is 7.29. The zero-order valence-corrected chi connectivity index (χ0v) is 15.9. The van der Waals surface area contributed by atoms with Crippen LogP contribution >= 0.6 is 0 Å². The van der Waals surface area contributed by atoms with Gasteiger partial charge in [0.05, 0.1) is 18.4 Å². The van der Waals surface area contributed by atoms with E-state index in [1.807, 2.05) is 33.0 Å². The molecule has 0 aliphatic rings. The van der Waals surface area contributed by atoms with Gasteiger partial charge in [-0.05, 0) is 32.4 Å². The van der Waals surface area contributed by atoms with Gasteiger partial charge in [0.1, 0.15) is 5.82 Å². The molecule has 3 heterocycles. The van der Waals surface area contributed by atoms with Crippen molar-refractivity contribution in [3.8, 4) is 17.3 Å². The van der Waals surface area contributed by atoms with Crippen LogP contribution in [-0.4, -0.2) is 31.8 Å². The van der Waals surface area contributed by atoms with Gasteiger partial charge in [-0.2, -0.15) is 5.10 Å². The maximum absolute atomic E-state index is 5.51. The summed E-state index contributed by atoms with van der Waals surface area (Å²) in [6.07, 6.45) is 4.36. The average molecular weight is 352 g/mol. The Balaban J connectivity index is 1.93. The highest BCUT2D eigenvalue weighted by atomic mass is 16.5. The molecule has 0 radical (unpaired) electrons. The number of aryl methyl sites for hydroxylation is 3. The zero-order chi connectivity index (χ0) is 18.7. The third-order valence-corrected chi connectivity index (χ3v) is 4.44. The Morgan fingerprint density at radius 3 is 2.69 bits per heavy atom. The van der Waals surface area contributed by atoms with Gasteiger partial charge in [-0.3, -0.25) is 4.98 Å². The fourth-order valence-corrected chi connectivity index (χ4v) is 2.92. The number of methoxy groups -OCH3 is 1. The van der Waals surface area contributed by atoms with Crippen LogP contribution in [0, 0.1) is 13.8 Å². The Morgan fingerprint density at radius 2 is 2.04 bits per heavy atom. The van der Waals surface area contributed by atoms with Crippen molar-refractivity contribution in [2.45, 2.75) is 33.7 Å². The molecule has 136 valence electrons. The number of hydrogen-bond acceptors (Lipinski definition) is 6. The summed E-state index contributed by atoms with van der Waals surface area (Å²) >= 11 is 0. The van der Waals surface area contributed by atoms with Crippen LogP contribution in [0.3, 0.4) is 0 Å². The number of nitrogens with one attached hydrogen (secondary N) is 1. The molecule has 7 heteroatoms. The predicted octanol–water partition coefficient (Wildman–Crippen LogP) is 3.07. The lowest BCUT2D eigenvalue weighted by atomic mass is 10.2. The maximum atomic E-state index is 5.51. The Hall–Kier alpha value is -2.96. The standard InChI is InChI=1S/C19H24N6O/c1-6-16-15(19(26-5)25(4)24-16)11-21-17-12(2)13(3)22-18(23-17)14-8-7-9-20-10-14/h7-10H,6,11H2,1-5H3,(H,21,22,23). The van der Waals surface area contributed by atoms with E-state index in [-0.39, 0.29) is 0 Å². The van der Waals surface area contributed by atoms with Crippen LogP contribution in [-0.2, 0) is 20.0 Å². The fraction of sp³-hybridized carbons (Fsp3) is 0.368. The molecule has 0 aliphatic heterocycles. The van der Waals surface area contributed by atoms with Crippen molar-refractivity contribution in [1.82, 2.24) is 24.7 Å². The molecule has 26 heavy (non-hydrogen) atoms. The molecule has 0 saturated carbocycles. The Labute approximate surface area is 153 Å². The Morgan fingerprint density at radius 1 is 1.23 bits per heavy atom. The van der Waals surface area contributed by atoms with Gasteiger partial charge < -0.3 is 10.1 Å². The van der Waals surface area contributed by atoms with Crippen molar-refractivity contribution in [3.63, 3.8) is 0 Å². The predicted molar refractivity (Wildman–Crippen MR) is 101 cm³/mol. The second kappa shape index (κ2) is 7.51. The van der Waals surface area contributed by atoms with Gasteiger partial charge in [0.15, 0.2) is 5.82 Å². The lowest BCUT2D eigenvalue weighted by Gasteiger charge is -2.13. The normalized spacial score (nSPS) is 10.8. The highest BCUT2D eigenvalue weighted by molar-refractivity contribution is 5.58. The summed E-state index contributed by atoms with van der Waals surface area (Å²) in [6.45, 7) is 6.69. The molecule has 0 saturated heterocycles. The molecular formula is C19H24N6O. The second-order valence-corrected chi connectivity index (χ2v) is 6.11. The largest absolute Gasteiger partial charge is 0.481 e. The molecule has 7 nitrogen and oxygen atoms in total. The molecule has 1 N–H and O–H groups in total. The van der Waals surface area contributed by atoms with E-state index in [0.29, 0.717) is 12.4 Å². The van der Waals surface area contributed by atoms with E-state index in [4.69, 9.17) is 9.72 Å². The van der Waals surface area contributed by atoms with Gasteiger partial charge in [0.2, 0.25) is 5.88 Å². The SMILES string of the molecule is CCc1nn(C)c(OC)c1CNc1nc(-c2cccnc2)nc(C)c1C. The topological polar surface area (TPSA) is 77.8 Å². The average Bonchev–Trinajstić information content (AvgIpc) is 2.98. The Kier molecular flexibility index (Phi) is 5.16. The van der Waals surface area contributed by atoms with Crippen molar-refractivity contribution in [2.75, 3.05) is 12.4 Å². The zero-order valence-electron chi connectivity index (χ0n) is 15.9. The van der Waals surface area contributed by atoms with E-state index in [2.05, 4.69) is 27.3 Å². The van der Waals surface area contributed by atoms with Gasteiger partial charge in [-0.25, -0.2) is 14.6 Å². The number of rotatable bonds is 6. The van der Waals surface area contributed by atoms with E-state index in [0.717, 1.165) is 46.2 Å². The maximum Gasteiger partial charge on any atom is 0.216 e. The molecule has 0 aliphatic carbocycles. The highest BCUT2D eigenvalue weighted by Gasteiger charge is 2.17. The van der Waals surface area contributed by atoms with Crippen molar-refractivity contribution in [3.05, 3.63) is 47.0 Å². The lowest BCUT2D eigenvalue weighted by molar-refractivity contribution is 0.369. The lowest BCUT2D eigenvalue weighted by Crippen LogP contribution is -2.08. The summed E-state index contributed by atoms with van der Waals surface area (Å²) in [6, 6.07) is 3.84. The quantitative estimate of drug-likeness (QED) is 0.734. The minimum Gasteiger partial charge on any atom is -0.481 e. The molecule has 3 aromatic rings. The number of ether oxygens (including phenoxy) is 1. The van der Waals surface area contributed by atoms with Crippen LogP contribution in [0.25, 0.3) is 11.4 Å². The molecule has 0 spiro atoms. The minimum atomic E-state index is 0.587. The third kappa shape index (κ3) is 3.37. The molecule has 0 bridgehead atoms. The molecular weight excluding hydrogens is 328 g/mol. The summed E-state index contributed by atoms with van der Waals surface area (Å²) in [5.74, 6) is 2.24.